The van der Waals surface area contributed by atoms with Crippen LogP contribution in [0.5, 0.6) is 0 Å². The van der Waals surface area contributed by atoms with E-state index in [2.05, 4.69) is 11.2 Å². The molecule has 1 aromatic carbocycles. The molecule has 0 saturated carbocycles. The zero-order valence-corrected chi connectivity index (χ0v) is 7.54. The van der Waals surface area contributed by atoms with Crippen molar-refractivity contribution in [3.8, 4) is 0 Å². The molecule has 1 aromatic rings. The topological polar surface area (TPSA) is 15.6 Å². The van der Waals surface area contributed by atoms with Crippen LogP contribution in [0.3, 0.4) is 0 Å². The summed E-state index contributed by atoms with van der Waals surface area (Å²) >= 11 is 5.85. The second-order valence-corrected chi connectivity index (χ2v) is 3.24. The van der Waals surface area contributed by atoms with Crippen molar-refractivity contribution < 1.29 is 0 Å². The van der Waals surface area contributed by atoms with Gasteiger partial charge in [0.2, 0.25) is 0 Å². The van der Waals surface area contributed by atoms with E-state index >= 15 is 0 Å². The van der Waals surface area contributed by atoms with Gasteiger partial charge in [-0.3, -0.25) is 5.01 Å². The summed E-state index contributed by atoms with van der Waals surface area (Å²) in [6.45, 7) is 0. The summed E-state index contributed by atoms with van der Waals surface area (Å²) in [6, 6.07) is 8.14. The van der Waals surface area contributed by atoms with E-state index in [-0.39, 0.29) is 0 Å². The molecule has 2 rings (SSSR count). The zero-order chi connectivity index (χ0) is 8.55. The lowest BCUT2D eigenvalue weighted by Gasteiger charge is -2.21. The van der Waals surface area contributed by atoms with Gasteiger partial charge in [0.15, 0.2) is 0 Å². The SMILES string of the molecule is CN1N=C(Cl)Cc2ccccc21. The maximum absolute atomic E-state index is 5.85. The Labute approximate surface area is 76.4 Å². The lowest BCUT2D eigenvalue weighted by molar-refractivity contribution is 0.975. The normalized spacial score (nSPS) is 15.5. The highest BCUT2D eigenvalue weighted by molar-refractivity contribution is 6.65. The Balaban J connectivity index is 2.48. The molecule has 0 amide bonds. The van der Waals surface area contributed by atoms with E-state index in [0.717, 1.165) is 12.1 Å². The molecule has 12 heavy (non-hydrogen) atoms. The van der Waals surface area contributed by atoms with Gasteiger partial charge in [-0.2, -0.15) is 5.10 Å². The third-order valence-corrected chi connectivity index (χ3v) is 2.14. The van der Waals surface area contributed by atoms with E-state index in [1.165, 1.54) is 5.56 Å². The summed E-state index contributed by atoms with van der Waals surface area (Å²) < 4.78 is 0. The molecule has 1 aliphatic heterocycles. The second-order valence-electron chi connectivity index (χ2n) is 2.81. The summed E-state index contributed by atoms with van der Waals surface area (Å²) in [6.07, 6.45) is 0.752. The quantitative estimate of drug-likeness (QED) is 0.598. The Morgan fingerprint density at radius 2 is 2.17 bits per heavy atom. The highest BCUT2D eigenvalue weighted by Crippen LogP contribution is 2.24. The van der Waals surface area contributed by atoms with Crippen LogP contribution >= 0.6 is 11.6 Å². The Morgan fingerprint density at radius 3 is 3.00 bits per heavy atom. The van der Waals surface area contributed by atoms with E-state index in [0.29, 0.717) is 5.17 Å². The monoisotopic (exact) mass is 180 g/mol. The van der Waals surface area contributed by atoms with Gasteiger partial charge in [-0.15, -0.1) is 0 Å². The molecular weight excluding hydrogens is 172 g/mol. The first-order chi connectivity index (χ1) is 5.77. The Bertz CT molecular complexity index is 333. The average molecular weight is 181 g/mol. The first-order valence-corrected chi connectivity index (χ1v) is 4.20. The van der Waals surface area contributed by atoms with Crippen molar-refractivity contribution in [2.24, 2.45) is 5.10 Å². The van der Waals surface area contributed by atoms with Crippen molar-refractivity contribution in [2.75, 3.05) is 12.1 Å². The molecule has 2 nitrogen and oxygen atoms in total. The van der Waals surface area contributed by atoms with Crippen molar-refractivity contribution >= 4 is 22.5 Å². The number of hydrogen-bond donors (Lipinski definition) is 0. The van der Waals surface area contributed by atoms with Crippen LogP contribution in [0, 0.1) is 0 Å². The standard InChI is InChI=1S/C9H9ClN2/c1-12-8-5-3-2-4-7(8)6-9(10)11-12/h2-5H,6H2,1H3. The van der Waals surface area contributed by atoms with Crippen molar-refractivity contribution in [2.45, 2.75) is 6.42 Å². The number of hydrazone groups is 1. The number of para-hydroxylation sites is 1. The molecule has 0 N–H and O–H groups in total. The van der Waals surface area contributed by atoms with Crippen LogP contribution in [0.4, 0.5) is 5.69 Å². The van der Waals surface area contributed by atoms with Crippen LogP contribution < -0.4 is 5.01 Å². The second kappa shape index (κ2) is 2.79. The number of rotatable bonds is 0. The molecule has 0 unspecified atom stereocenters. The van der Waals surface area contributed by atoms with Crippen LogP contribution in [-0.4, -0.2) is 12.2 Å². The van der Waals surface area contributed by atoms with Gasteiger partial charge >= 0.3 is 0 Å². The van der Waals surface area contributed by atoms with E-state index in [1.807, 2.05) is 25.2 Å². The molecule has 0 fully saturated rings. The first-order valence-electron chi connectivity index (χ1n) is 3.82. The van der Waals surface area contributed by atoms with Gasteiger partial charge in [-0.25, -0.2) is 0 Å². The Morgan fingerprint density at radius 1 is 1.42 bits per heavy atom. The maximum atomic E-state index is 5.85. The van der Waals surface area contributed by atoms with Gasteiger partial charge in [0.1, 0.15) is 5.17 Å². The molecule has 1 heterocycles. The third-order valence-electron chi connectivity index (χ3n) is 1.94. The predicted molar refractivity (Wildman–Crippen MR) is 51.8 cm³/mol. The van der Waals surface area contributed by atoms with Gasteiger partial charge in [0.05, 0.1) is 5.69 Å². The molecule has 0 aliphatic carbocycles. The molecule has 1 aliphatic rings. The van der Waals surface area contributed by atoms with Crippen LogP contribution in [-0.2, 0) is 6.42 Å². The van der Waals surface area contributed by atoms with Crippen molar-refractivity contribution in [3.63, 3.8) is 0 Å². The van der Waals surface area contributed by atoms with E-state index in [9.17, 15) is 0 Å². The number of fused-ring (bicyclic) bond motifs is 1. The van der Waals surface area contributed by atoms with E-state index in [4.69, 9.17) is 11.6 Å². The lowest BCUT2D eigenvalue weighted by Crippen LogP contribution is -2.18. The number of benzene rings is 1. The molecule has 0 spiro atoms. The largest absolute Gasteiger partial charge is 0.267 e. The molecule has 3 heteroatoms. The maximum Gasteiger partial charge on any atom is 0.131 e. The molecule has 0 bridgehead atoms. The summed E-state index contributed by atoms with van der Waals surface area (Å²) in [5, 5.41) is 6.60. The molecule has 0 atom stereocenters. The fourth-order valence-corrected chi connectivity index (χ4v) is 1.64. The number of hydrogen-bond acceptors (Lipinski definition) is 2. The smallest absolute Gasteiger partial charge is 0.131 e. The third kappa shape index (κ3) is 1.18. The lowest BCUT2D eigenvalue weighted by atomic mass is 10.1. The van der Waals surface area contributed by atoms with Crippen LogP contribution in [0.1, 0.15) is 5.56 Å². The van der Waals surface area contributed by atoms with Gasteiger partial charge in [-0.1, -0.05) is 29.8 Å². The van der Waals surface area contributed by atoms with Crippen molar-refractivity contribution in [3.05, 3.63) is 29.8 Å². The molecule has 62 valence electrons. The van der Waals surface area contributed by atoms with Gasteiger partial charge in [0, 0.05) is 13.5 Å². The summed E-state index contributed by atoms with van der Waals surface area (Å²) in [7, 11) is 1.90. The van der Waals surface area contributed by atoms with Crippen molar-refractivity contribution in [1.29, 1.82) is 0 Å². The van der Waals surface area contributed by atoms with Gasteiger partial charge < -0.3 is 0 Å². The molecular formula is C9H9ClN2. The minimum absolute atomic E-state index is 0.649. The zero-order valence-electron chi connectivity index (χ0n) is 6.79. The van der Waals surface area contributed by atoms with Crippen LogP contribution in [0.2, 0.25) is 0 Å². The average Bonchev–Trinajstić information content (AvgIpc) is 2.04. The number of halogens is 1. The minimum Gasteiger partial charge on any atom is -0.267 e. The van der Waals surface area contributed by atoms with Gasteiger partial charge in [0.25, 0.3) is 0 Å². The van der Waals surface area contributed by atoms with Gasteiger partial charge in [-0.05, 0) is 11.6 Å². The fourth-order valence-electron chi connectivity index (χ4n) is 1.39. The Kier molecular flexibility index (Phi) is 1.77. The van der Waals surface area contributed by atoms with Crippen LogP contribution in [0.25, 0.3) is 0 Å². The number of nitrogens with zero attached hydrogens (tertiary/aromatic N) is 2. The van der Waals surface area contributed by atoms with E-state index in [1.54, 1.807) is 5.01 Å². The summed E-state index contributed by atoms with van der Waals surface area (Å²) in [5.74, 6) is 0. The highest BCUT2D eigenvalue weighted by atomic mass is 35.5. The Hall–Kier alpha value is -1.02. The summed E-state index contributed by atoms with van der Waals surface area (Å²) in [4.78, 5) is 0. The summed E-state index contributed by atoms with van der Waals surface area (Å²) in [5.41, 5.74) is 2.38. The molecule has 0 radical (unpaired) electrons. The highest BCUT2D eigenvalue weighted by Gasteiger charge is 2.13. The predicted octanol–water partition coefficient (Wildman–Crippen LogP) is 2.23. The fraction of sp³-hybridized carbons (Fsp3) is 0.222. The minimum atomic E-state index is 0.649. The molecule has 0 saturated heterocycles. The van der Waals surface area contributed by atoms with Crippen molar-refractivity contribution in [1.82, 2.24) is 0 Å². The first kappa shape index (κ1) is 7.62. The molecule has 0 aromatic heterocycles. The number of anilines is 1. The van der Waals surface area contributed by atoms with E-state index < -0.39 is 0 Å². The van der Waals surface area contributed by atoms with Crippen LogP contribution in [0.15, 0.2) is 29.4 Å².